The zero-order valence-electron chi connectivity index (χ0n) is 16.9. The van der Waals surface area contributed by atoms with Crippen molar-refractivity contribution in [2.45, 2.75) is 44.9 Å². The van der Waals surface area contributed by atoms with Crippen LogP contribution in [0.2, 0.25) is 0 Å². The zero-order valence-corrected chi connectivity index (χ0v) is 16.9. The molecule has 0 spiro atoms. The van der Waals surface area contributed by atoms with E-state index in [0.29, 0.717) is 0 Å². The van der Waals surface area contributed by atoms with Crippen LogP contribution in [-0.2, 0) is 11.8 Å². The molecule has 0 heterocycles. The molecule has 0 amide bonds. The number of rotatable bonds is 11. The van der Waals surface area contributed by atoms with Crippen LogP contribution < -0.4 is 10.1 Å². The van der Waals surface area contributed by atoms with Crippen molar-refractivity contribution in [3.63, 3.8) is 0 Å². The zero-order chi connectivity index (χ0) is 19.5. The van der Waals surface area contributed by atoms with Crippen LogP contribution in [0, 0.1) is 17.2 Å². The van der Waals surface area contributed by atoms with Crippen LogP contribution in [0.3, 0.4) is 0 Å². The van der Waals surface area contributed by atoms with E-state index in [1.165, 1.54) is 5.56 Å². The average molecular weight is 365 g/mol. The first-order valence-corrected chi connectivity index (χ1v) is 9.93. The van der Waals surface area contributed by atoms with Crippen LogP contribution >= 0.6 is 0 Å². The molecule has 3 nitrogen and oxygen atoms in total. The fraction of sp³-hybridized carbons (Fsp3) is 0.458. The summed E-state index contributed by atoms with van der Waals surface area (Å²) in [6, 6.07) is 21.2. The van der Waals surface area contributed by atoms with E-state index in [1.807, 2.05) is 18.2 Å². The number of nitrogens with zero attached hydrogens (tertiary/aromatic N) is 1. The van der Waals surface area contributed by atoms with Gasteiger partial charge < -0.3 is 10.1 Å². The lowest BCUT2D eigenvalue weighted by Crippen LogP contribution is -2.32. The lowest BCUT2D eigenvalue weighted by Gasteiger charge is -2.31. The number of methoxy groups -OCH3 is 1. The molecule has 1 unspecified atom stereocenters. The van der Waals surface area contributed by atoms with E-state index in [0.717, 1.165) is 50.1 Å². The van der Waals surface area contributed by atoms with Gasteiger partial charge in [-0.15, -0.1) is 0 Å². The van der Waals surface area contributed by atoms with Gasteiger partial charge in [0.15, 0.2) is 0 Å². The third-order valence-corrected chi connectivity index (χ3v) is 5.36. The maximum Gasteiger partial charge on any atom is 0.119 e. The molecule has 1 N–H and O–H groups in total. The summed E-state index contributed by atoms with van der Waals surface area (Å²) in [5, 5.41) is 13.6. The first kappa shape index (κ1) is 21.0. The Balaban J connectivity index is 1.83. The van der Waals surface area contributed by atoms with Crippen molar-refractivity contribution in [1.29, 1.82) is 5.26 Å². The molecule has 144 valence electrons. The highest BCUT2D eigenvalue weighted by Gasteiger charge is 2.35. The second kappa shape index (κ2) is 10.7. The molecule has 2 aromatic rings. The molecule has 1 atom stereocenters. The van der Waals surface area contributed by atoms with E-state index in [9.17, 15) is 5.26 Å². The molecule has 0 radical (unpaired) electrons. The van der Waals surface area contributed by atoms with Crippen LogP contribution in [-0.4, -0.2) is 20.2 Å². The van der Waals surface area contributed by atoms with Crippen molar-refractivity contribution < 1.29 is 4.74 Å². The highest BCUT2D eigenvalue weighted by molar-refractivity contribution is 5.38. The van der Waals surface area contributed by atoms with Gasteiger partial charge in [-0.2, -0.15) is 5.26 Å². The van der Waals surface area contributed by atoms with E-state index in [2.05, 4.69) is 61.6 Å². The summed E-state index contributed by atoms with van der Waals surface area (Å²) >= 11 is 0. The fourth-order valence-corrected chi connectivity index (χ4v) is 3.60. The highest BCUT2D eigenvalue weighted by Crippen LogP contribution is 2.37. The minimum atomic E-state index is -0.472. The van der Waals surface area contributed by atoms with Gasteiger partial charge in [0.05, 0.1) is 18.6 Å². The molecule has 0 aliphatic heterocycles. The first-order chi connectivity index (χ1) is 13.1. The number of aryl methyl sites for hydroxylation is 1. The second-order valence-corrected chi connectivity index (χ2v) is 7.41. The first-order valence-electron chi connectivity index (χ1n) is 9.93. The Kier molecular flexibility index (Phi) is 8.36. The topological polar surface area (TPSA) is 45.0 Å². The van der Waals surface area contributed by atoms with Crippen LogP contribution in [0.4, 0.5) is 0 Å². The molecular formula is C24H32N2O. The number of hydrogen-bond donors (Lipinski definition) is 1. The Bertz CT molecular complexity index is 721. The molecule has 0 aliphatic rings. The number of nitrogens with one attached hydrogen (secondary N) is 1. The molecule has 0 aromatic heterocycles. The van der Waals surface area contributed by atoms with E-state index in [4.69, 9.17) is 4.74 Å². The average Bonchev–Trinajstić information content (AvgIpc) is 2.71. The molecule has 27 heavy (non-hydrogen) atoms. The van der Waals surface area contributed by atoms with Gasteiger partial charge in [0.2, 0.25) is 0 Å². The van der Waals surface area contributed by atoms with Gasteiger partial charge >= 0.3 is 0 Å². The number of benzene rings is 2. The molecule has 0 saturated carbocycles. The van der Waals surface area contributed by atoms with E-state index < -0.39 is 5.41 Å². The summed E-state index contributed by atoms with van der Waals surface area (Å²) in [5.74, 6) is 1.06. The smallest absolute Gasteiger partial charge is 0.119 e. The Morgan fingerprint density at radius 3 is 2.44 bits per heavy atom. The summed E-state index contributed by atoms with van der Waals surface area (Å²) < 4.78 is 5.36. The minimum Gasteiger partial charge on any atom is -0.497 e. The van der Waals surface area contributed by atoms with E-state index in [-0.39, 0.29) is 5.92 Å². The third-order valence-electron chi connectivity index (χ3n) is 5.36. The SMILES string of the molecule is COc1cccc(C(C#N)(CCCNCCCc2ccccc2)C(C)C)c1. The fourth-order valence-electron chi connectivity index (χ4n) is 3.60. The Morgan fingerprint density at radius 2 is 1.78 bits per heavy atom. The van der Waals surface area contributed by atoms with Crippen molar-refractivity contribution in [2.75, 3.05) is 20.2 Å². The summed E-state index contributed by atoms with van der Waals surface area (Å²) in [6.07, 6.45) is 4.06. The number of nitriles is 1. The van der Waals surface area contributed by atoms with Crippen LogP contribution in [0.1, 0.15) is 44.2 Å². The van der Waals surface area contributed by atoms with Crippen molar-refractivity contribution in [1.82, 2.24) is 5.32 Å². The Morgan fingerprint density at radius 1 is 1.04 bits per heavy atom. The molecule has 2 aromatic carbocycles. The summed E-state index contributed by atoms with van der Waals surface area (Å²) in [4.78, 5) is 0. The summed E-state index contributed by atoms with van der Waals surface area (Å²) in [7, 11) is 1.67. The van der Waals surface area contributed by atoms with Gasteiger partial charge in [-0.3, -0.25) is 0 Å². The quantitative estimate of drug-likeness (QED) is 0.563. The summed E-state index contributed by atoms with van der Waals surface area (Å²) in [5.41, 5.74) is 1.98. The maximum atomic E-state index is 10.0. The van der Waals surface area contributed by atoms with Crippen molar-refractivity contribution in [3.05, 3.63) is 65.7 Å². The number of ether oxygens (including phenoxy) is 1. The molecule has 0 saturated heterocycles. The third kappa shape index (κ3) is 5.84. The highest BCUT2D eigenvalue weighted by atomic mass is 16.5. The predicted molar refractivity (Wildman–Crippen MR) is 112 cm³/mol. The monoisotopic (exact) mass is 364 g/mol. The van der Waals surface area contributed by atoms with Crippen LogP contribution in [0.15, 0.2) is 54.6 Å². The van der Waals surface area contributed by atoms with Crippen molar-refractivity contribution in [3.8, 4) is 11.8 Å². The molecule has 3 heteroatoms. The largest absolute Gasteiger partial charge is 0.497 e. The van der Waals surface area contributed by atoms with Gasteiger partial charge in [0.1, 0.15) is 5.75 Å². The Hall–Kier alpha value is -2.31. The standard InChI is InChI=1S/C24H32N2O/c1-20(2)24(19-25,22-13-7-14-23(18-22)27-3)15-9-17-26-16-8-12-21-10-5-4-6-11-21/h4-7,10-11,13-14,18,20,26H,8-9,12,15-17H2,1-3H3. The van der Waals surface area contributed by atoms with Crippen LogP contribution in [0.25, 0.3) is 0 Å². The normalized spacial score (nSPS) is 13.1. The van der Waals surface area contributed by atoms with Gasteiger partial charge in [-0.1, -0.05) is 56.3 Å². The molecular weight excluding hydrogens is 332 g/mol. The van der Waals surface area contributed by atoms with Crippen LogP contribution in [0.5, 0.6) is 5.75 Å². The molecule has 2 rings (SSSR count). The maximum absolute atomic E-state index is 10.0. The lowest BCUT2D eigenvalue weighted by molar-refractivity contribution is 0.353. The van der Waals surface area contributed by atoms with Gasteiger partial charge in [-0.25, -0.2) is 0 Å². The van der Waals surface area contributed by atoms with Gasteiger partial charge in [0.25, 0.3) is 0 Å². The Labute approximate surface area is 164 Å². The van der Waals surface area contributed by atoms with E-state index >= 15 is 0 Å². The van der Waals surface area contributed by atoms with E-state index in [1.54, 1.807) is 7.11 Å². The predicted octanol–water partition coefficient (Wildman–Crippen LogP) is 5.12. The molecule has 0 fully saturated rings. The van der Waals surface area contributed by atoms with Crippen molar-refractivity contribution in [2.24, 2.45) is 5.92 Å². The molecule has 0 aliphatic carbocycles. The molecule has 0 bridgehead atoms. The minimum absolute atomic E-state index is 0.243. The lowest BCUT2D eigenvalue weighted by atomic mass is 9.70. The van der Waals surface area contributed by atoms with Crippen molar-refractivity contribution >= 4 is 0 Å². The second-order valence-electron chi connectivity index (χ2n) is 7.41. The van der Waals surface area contributed by atoms with Gasteiger partial charge in [0, 0.05) is 0 Å². The van der Waals surface area contributed by atoms with Gasteiger partial charge in [-0.05, 0) is 68.0 Å². The number of hydrogen-bond acceptors (Lipinski definition) is 3. The summed E-state index contributed by atoms with van der Waals surface area (Å²) in [6.45, 7) is 6.22.